The average molecular weight is 621 g/mol. The van der Waals surface area contributed by atoms with Crippen LogP contribution in [0.15, 0.2) is 54.0 Å². The molecule has 0 radical (unpaired) electrons. The van der Waals surface area contributed by atoms with Crippen LogP contribution in [0.1, 0.15) is 53.9 Å². The van der Waals surface area contributed by atoms with E-state index in [1.165, 1.54) is 22.8 Å². The summed E-state index contributed by atoms with van der Waals surface area (Å²) in [6.07, 6.45) is 2.98. The highest BCUT2D eigenvalue weighted by Gasteiger charge is 2.31. The Morgan fingerprint density at radius 3 is 2.52 bits per heavy atom. The van der Waals surface area contributed by atoms with Gasteiger partial charge in [0, 0.05) is 57.2 Å². The molecular weight excluding hydrogens is 584 g/mol. The first-order valence-corrected chi connectivity index (χ1v) is 14.9. The monoisotopic (exact) mass is 620 g/mol. The third-order valence-corrected chi connectivity index (χ3v) is 8.26. The van der Waals surface area contributed by atoms with Gasteiger partial charge in [-0.1, -0.05) is 20.4 Å². The van der Waals surface area contributed by atoms with E-state index in [9.17, 15) is 24.8 Å². The smallest absolute Gasteiger partial charge is 0.355 e. The molecule has 1 aromatic carbocycles. The average Bonchev–Trinajstić information content (AvgIpc) is 3.03. The van der Waals surface area contributed by atoms with Gasteiger partial charge in [0.2, 0.25) is 5.91 Å². The molecule has 1 saturated heterocycles. The van der Waals surface area contributed by atoms with E-state index in [0.29, 0.717) is 53.5 Å². The lowest BCUT2D eigenvalue weighted by Crippen LogP contribution is -2.54. The Hall–Kier alpha value is -5.57. The molecule has 46 heavy (non-hydrogen) atoms. The van der Waals surface area contributed by atoms with Crippen LogP contribution < -0.4 is 15.5 Å². The third-order valence-electron chi connectivity index (χ3n) is 8.26. The zero-order chi connectivity index (χ0) is 33.4. The highest BCUT2D eigenvalue weighted by molar-refractivity contribution is 5.96. The maximum absolute atomic E-state index is 14.2. The summed E-state index contributed by atoms with van der Waals surface area (Å²) in [5.41, 5.74) is 3.22. The Morgan fingerprint density at radius 2 is 1.91 bits per heavy atom. The van der Waals surface area contributed by atoms with E-state index in [1.54, 1.807) is 23.2 Å². The third kappa shape index (κ3) is 5.56. The van der Waals surface area contributed by atoms with Crippen LogP contribution in [0, 0.1) is 18.3 Å². The van der Waals surface area contributed by atoms with Gasteiger partial charge >= 0.3 is 11.7 Å². The molecule has 0 spiro atoms. The van der Waals surface area contributed by atoms with Crippen LogP contribution >= 0.6 is 0 Å². The fourth-order valence-corrected chi connectivity index (χ4v) is 5.98. The van der Waals surface area contributed by atoms with Crippen LogP contribution in [0.3, 0.4) is 0 Å². The highest BCUT2D eigenvalue weighted by Crippen LogP contribution is 2.37. The van der Waals surface area contributed by atoms with Crippen molar-refractivity contribution < 1.29 is 14.7 Å². The summed E-state index contributed by atoms with van der Waals surface area (Å²) < 4.78 is 1.44. The number of fused-ring (bicyclic) bond motifs is 1. The van der Waals surface area contributed by atoms with E-state index in [4.69, 9.17) is 4.98 Å². The zero-order valence-electron chi connectivity index (χ0n) is 26.8. The minimum Gasteiger partial charge on any atom is -0.478 e. The van der Waals surface area contributed by atoms with Crippen LogP contribution in [-0.4, -0.2) is 81.2 Å². The number of carboxylic acid groups (broad SMARTS) is 1. The number of rotatable bonds is 7. The van der Waals surface area contributed by atoms with Crippen LogP contribution in [0.25, 0.3) is 28.0 Å². The number of anilines is 2. The molecule has 5 rings (SSSR count). The first-order chi connectivity index (χ1) is 21.9. The second kappa shape index (κ2) is 12.4. The summed E-state index contributed by atoms with van der Waals surface area (Å²) in [4.78, 5) is 58.2. The number of amides is 1. The highest BCUT2D eigenvalue weighted by atomic mass is 16.4. The lowest BCUT2D eigenvalue weighted by atomic mass is 9.99. The van der Waals surface area contributed by atoms with Gasteiger partial charge in [-0.05, 0) is 61.7 Å². The molecule has 1 N–H and O–H groups in total. The van der Waals surface area contributed by atoms with Gasteiger partial charge in [0.15, 0.2) is 5.65 Å². The Kier molecular flexibility index (Phi) is 8.61. The van der Waals surface area contributed by atoms with Gasteiger partial charge in [-0.3, -0.25) is 9.78 Å². The van der Waals surface area contributed by atoms with Gasteiger partial charge in [-0.25, -0.2) is 19.1 Å². The molecule has 1 fully saturated rings. The Labute approximate surface area is 266 Å². The molecule has 12 heteroatoms. The predicted octanol–water partition coefficient (Wildman–Crippen LogP) is 4.13. The minimum atomic E-state index is -1.12. The van der Waals surface area contributed by atoms with Crippen molar-refractivity contribution >= 4 is 34.4 Å². The number of carbonyl (C=O) groups excluding carboxylic acids is 1. The van der Waals surface area contributed by atoms with E-state index in [-0.39, 0.29) is 40.3 Å². The maximum atomic E-state index is 14.2. The van der Waals surface area contributed by atoms with Gasteiger partial charge in [0.25, 0.3) is 0 Å². The normalized spacial score (nSPS) is 14.8. The summed E-state index contributed by atoms with van der Waals surface area (Å²) in [6, 6.07) is 10.2. The van der Waals surface area contributed by atoms with Gasteiger partial charge in [-0.2, -0.15) is 10.2 Å². The van der Waals surface area contributed by atoms with Crippen LogP contribution in [0.5, 0.6) is 0 Å². The molecule has 1 aliphatic rings. The van der Waals surface area contributed by atoms with Gasteiger partial charge in [0.1, 0.15) is 11.9 Å². The standard InChI is InChI=1S/C34H36N8O4/c1-8-27(43)40-13-14-41(21(5)18-40)31-25-16-23(17-35)29(24-15-22(33(44)45)9-10-26(24)39(6)7)37-32(25)42(34(46)38-31)30-20(4)11-12-36-28(30)19(2)3/h8-12,15-16,19,21H,1,13-14,18H2,2-7H3,(H,44,45). The van der Waals surface area contributed by atoms with Crippen LogP contribution in [0.2, 0.25) is 0 Å². The number of nitriles is 1. The lowest BCUT2D eigenvalue weighted by molar-refractivity contribution is -0.126. The van der Waals surface area contributed by atoms with E-state index < -0.39 is 11.7 Å². The lowest BCUT2D eigenvalue weighted by Gasteiger charge is -2.40. The largest absolute Gasteiger partial charge is 0.478 e. The van der Waals surface area contributed by atoms with Crippen molar-refractivity contribution in [2.45, 2.75) is 39.7 Å². The summed E-state index contributed by atoms with van der Waals surface area (Å²) in [5, 5.41) is 20.7. The maximum Gasteiger partial charge on any atom is 0.355 e. The molecule has 4 aromatic rings. The molecule has 12 nitrogen and oxygen atoms in total. The number of pyridine rings is 2. The Morgan fingerprint density at radius 1 is 1.17 bits per heavy atom. The van der Waals surface area contributed by atoms with Crippen molar-refractivity contribution in [2.75, 3.05) is 43.5 Å². The van der Waals surface area contributed by atoms with Crippen LogP contribution in [-0.2, 0) is 4.79 Å². The Balaban J connectivity index is 1.89. The molecule has 3 aromatic heterocycles. The molecule has 1 unspecified atom stereocenters. The molecule has 1 amide bonds. The van der Waals surface area contributed by atoms with Gasteiger partial charge in [-0.15, -0.1) is 0 Å². The van der Waals surface area contributed by atoms with E-state index in [0.717, 1.165) is 5.56 Å². The second-order valence-corrected chi connectivity index (χ2v) is 11.9. The van der Waals surface area contributed by atoms with Crippen molar-refractivity contribution in [1.82, 2.24) is 24.4 Å². The number of carbonyl (C=O) groups is 2. The zero-order valence-corrected chi connectivity index (χ0v) is 26.8. The number of piperazine rings is 1. The first kappa shape index (κ1) is 31.8. The Bertz CT molecular complexity index is 1990. The molecule has 1 aliphatic heterocycles. The molecule has 0 bridgehead atoms. The molecule has 0 saturated carbocycles. The first-order valence-electron chi connectivity index (χ1n) is 14.9. The van der Waals surface area contributed by atoms with E-state index in [1.807, 2.05) is 57.7 Å². The topological polar surface area (TPSA) is 149 Å². The number of carboxylic acids is 1. The van der Waals surface area contributed by atoms with Crippen LogP contribution in [0.4, 0.5) is 11.5 Å². The molecule has 0 aliphatic carbocycles. The summed E-state index contributed by atoms with van der Waals surface area (Å²) >= 11 is 0. The molecule has 4 heterocycles. The number of hydrogen-bond acceptors (Lipinski definition) is 9. The number of aromatic nitrogens is 4. The van der Waals surface area contributed by atoms with E-state index >= 15 is 0 Å². The summed E-state index contributed by atoms with van der Waals surface area (Å²) in [7, 11) is 3.63. The van der Waals surface area contributed by atoms with Gasteiger partial charge < -0.3 is 19.8 Å². The molecule has 236 valence electrons. The number of nitrogens with zero attached hydrogens (tertiary/aromatic N) is 8. The fraction of sp³-hybridized carbons (Fsp3) is 0.324. The predicted molar refractivity (Wildman–Crippen MR) is 177 cm³/mol. The van der Waals surface area contributed by atoms with Crippen molar-refractivity contribution in [2.24, 2.45) is 0 Å². The number of aryl methyl sites for hydroxylation is 1. The summed E-state index contributed by atoms with van der Waals surface area (Å²) in [6.45, 7) is 12.6. The van der Waals surface area contributed by atoms with Crippen molar-refractivity contribution in [3.8, 4) is 23.0 Å². The molecule has 1 atom stereocenters. The number of benzene rings is 1. The van der Waals surface area contributed by atoms with E-state index in [2.05, 4.69) is 22.6 Å². The molecular formula is C34H36N8O4. The summed E-state index contributed by atoms with van der Waals surface area (Å²) in [5.74, 6) is -0.988. The van der Waals surface area contributed by atoms with Crippen molar-refractivity contribution in [3.63, 3.8) is 0 Å². The quantitative estimate of drug-likeness (QED) is 0.299. The fourth-order valence-electron chi connectivity index (χ4n) is 5.98. The number of hydrogen-bond donors (Lipinski definition) is 1. The van der Waals surface area contributed by atoms with Crippen molar-refractivity contribution in [3.05, 3.63) is 82.1 Å². The minimum absolute atomic E-state index is 0.0326. The second-order valence-electron chi connectivity index (χ2n) is 11.9. The SMILES string of the molecule is C=CC(=O)N1CCN(c2nc(=O)n(-c3c(C)ccnc3C(C)C)c3nc(-c4cc(C(=O)O)ccc4N(C)C)c(C#N)cc23)C(C)C1. The number of aromatic carboxylic acids is 1. The van der Waals surface area contributed by atoms with Gasteiger partial charge in [0.05, 0.1) is 33.6 Å². The van der Waals surface area contributed by atoms with Crippen molar-refractivity contribution in [1.29, 1.82) is 5.26 Å².